The Morgan fingerprint density at radius 3 is 2.59 bits per heavy atom. The number of nitrogens with zero attached hydrogens (tertiary/aromatic N) is 2. The zero-order valence-electron chi connectivity index (χ0n) is 9.44. The molecule has 0 radical (unpaired) electrons. The molecule has 0 amide bonds. The van der Waals surface area contributed by atoms with Crippen molar-refractivity contribution in [2.75, 3.05) is 11.1 Å². The van der Waals surface area contributed by atoms with Crippen molar-refractivity contribution in [3.05, 3.63) is 47.7 Å². The van der Waals surface area contributed by atoms with Crippen LogP contribution in [-0.4, -0.2) is 4.98 Å². The first-order valence-corrected chi connectivity index (χ1v) is 5.18. The number of rotatable bonds is 2. The molecule has 3 N–H and O–H groups in total. The highest BCUT2D eigenvalue weighted by Crippen LogP contribution is 2.21. The Labute approximate surface area is 99.7 Å². The van der Waals surface area contributed by atoms with Gasteiger partial charge in [0.25, 0.3) is 0 Å². The molecule has 2 aromatic rings. The number of hydrogen-bond donors (Lipinski definition) is 2. The Morgan fingerprint density at radius 1 is 1.29 bits per heavy atom. The van der Waals surface area contributed by atoms with Crippen LogP contribution in [0.1, 0.15) is 11.1 Å². The first-order valence-electron chi connectivity index (χ1n) is 5.18. The second-order valence-corrected chi connectivity index (χ2v) is 3.76. The van der Waals surface area contributed by atoms with E-state index in [9.17, 15) is 0 Å². The average molecular weight is 224 g/mol. The third-order valence-corrected chi connectivity index (χ3v) is 2.36. The maximum atomic E-state index is 8.71. The number of nitriles is 1. The number of benzene rings is 1. The molecule has 0 unspecified atom stereocenters. The Hall–Kier alpha value is -2.54. The third-order valence-electron chi connectivity index (χ3n) is 2.36. The second kappa shape index (κ2) is 4.54. The van der Waals surface area contributed by atoms with Gasteiger partial charge in [-0.25, -0.2) is 4.98 Å². The molecule has 84 valence electrons. The van der Waals surface area contributed by atoms with E-state index in [-0.39, 0.29) is 0 Å². The minimum absolute atomic E-state index is 0.456. The fraction of sp³-hybridized carbons (Fsp3) is 0.0769. The largest absolute Gasteiger partial charge is 0.396 e. The number of aromatic nitrogens is 1. The topological polar surface area (TPSA) is 74.7 Å². The van der Waals surface area contributed by atoms with Gasteiger partial charge in [0, 0.05) is 11.9 Å². The Kier molecular flexibility index (Phi) is 2.93. The summed E-state index contributed by atoms with van der Waals surface area (Å²) in [6.07, 6.45) is 1.49. The van der Waals surface area contributed by atoms with Gasteiger partial charge in [0.2, 0.25) is 0 Å². The monoisotopic (exact) mass is 224 g/mol. The molecule has 4 nitrogen and oxygen atoms in total. The van der Waals surface area contributed by atoms with E-state index in [0.29, 0.717) is 17.1 Å². The van der Waals surface area contributed by atoms with Crippen LogP contribution in [0.15, 0.2) is 36.5 Å². The molecule has 0 aliphatic carbocycles. The van der Waals surface area contributed by atoms with Crippen LogP contribution in [0.2, 0.25) is 0 Å². The summed E-state index contributed by atoms with van der Waals surface area (Å²) in [6.45, 7) is 2.03. The molecule has 0 aliphatic heterocycles. The van der Waals surface area contributed by atoms with E-state index in [1.807, 2.05) is 37.3 Å². The van der Waals surface area contributed by atoms with Gasteiger partial charge in [-0.3, -0.25) is 0 Å². The van der Waals surface area contributed by atoms with Crippen LogP contribution < -0.4 is 11.1 Å². The molecule has 1 heterocycles. The standard InChI is InChI=1S/C13H12N4/c1-9-2-4-11(5-3-9)17-13-12(15)6-10(7-14)8-16-13/h2-6,8H,15H2,1H3,(H,16,17). The molecule has 17 heavy (non-hydrogen) atoms. The number of pyridine rings is 1. The lowest BCUT2D eigenvalue weighted by Gasteiger charge is -2.08. The summed E-state index contributed by atoms with van der Waals surface area (Å²) in [4.78, 5) is 4.11. The van der Waals surface area contributed by atoms with Gasteiger partial charge in [-0.1, -0.05) is 17.7 Å². The Balaban J connectivity index is 2.25. The quantitative estimate of drug-likeness (QED) is 0.822. The first kappa shape index (κ1) is 11.0. The summed E-state index contributed by atoms with van der Waals surface area (Å²) < 4.78 is 0. The van der Waals surface area contributed by atoms with Crippen molar-refractivity contribution in [3.8, 4) is 6.07 Å². The number of nitrogen functional groups attached to an aromatic ring is 1. The molecule has 1 aromatic carbocycles. The lowest BCUT2D eigenvalue weighted by atomic mass is 10.2. The second-order valence-electron chi connectivity index (χ2n) is 3.76. The van der Waals surface area contributed by atoms with Crippen LogP contribution in [0.25, 0.3) is 0 Å². The van der Waals surface area contributed by atoms with Gasteiger partial charge in [0.15, 0.2) is 5.82 Å². The van der Waals surface area contributed by atoms with E-state index in [1.165, 1.54) is 11.8 Å². The number of nitrogens with one attached hydrogen (secondary N) is 1. The molecule has 0 atom stereocenters. The van der Waals surface area contributed by atoms with Crippen molar-refractivity contribution in [3.63, 3.8) is 0 Å². The molecule has 4 heteroatoms. The highest BCUT2D eigenvalue weighted by atomic mass is 15.0. The molecule has 0 aliphatic rings. The fourth-order valence-corrected chi connectivity index (χ4v) is 1.42. The predicted molar refractivity (Wildman–Crippen MR) is 67.8 cm³/mol. The molecule has 0 spiro atoms. The molecular formula is C13H12N4. The molecule has 2 rings (SSSR count). The van der Waals surface area contributed by atoms with Crippen LogP contribution in [0, 0.1) is 18.3 Å². The predicted octanol–water partition coefficient (Wildman–Crippen LogP) is 2.59. The summed E-state index contributed by atoms with van der Waals surface area (Å²) in [7, 11) is 0. The van der Waals surface area contributed by atoms with Crippen LogP contribution >= 0.6 is 0 Å². The molecular weight excluding hydrogens is 212 g/mol. The van der Waals surface area contributed by atoms with Crippen molar-refractivity contribution in [2.24, 2.45) is 0 Å². The third kappa shape index (κ3) is 2.52. The zero-order valence-corrected chi connectivity index (χ0v) is 9.44. The minimum atomic E-state index is 0.456. The number of hydrogen-bond acceptors (Lipinski definition) is 4. The SMILES string of the molecule is Cc1ccc(Nc2ncc(C#N)cc2N)cc1. The van der Waals surface area contributed by atoms with Crippen molar-refractivity contribution in [1.29, 1.82) is 5.26 Å². The molecule has 0 fully saturated rings. The van der Waals surface area contributed by atoms with Crippen molar-refractivity contribution >= 4 is 17.2 Å². The minimum Gasteiger partial charge on any atom is -0.396 e. The molecule has 0 saturated heterocycles. The number of nitrogens with two attached hydrogens (primary N) is 1. The van der Waals surface area contributed by atoms with Gasteiger partial charge in [-0.05, 0) is 25.1 Å². The van der Waals surface area contributed by atoms with Gasteiger partial charge in [-0.15, -0.1) is 0 Å². The fourth-order valence-electron chi connectivity index (χ4n) is 1.42. The van der Waals surface area contributed by atoms with Crippen molar-refractivity contribution in [2.45, 2.75) is 6.92 Å². The van der Waals surface area contributed by atoms with Crippen LogP contribution in [-0.2, 0) is 0 Å². The van der Waals surface area contributed by atoms with Gasteiger partial charge in [-0.2, -0.15) is 5.26 Å². The summed E-state index contributed by atoms with van der Waals surface area (Å²) in [5.74, 6) is 0.563. The highest BCUT2D eigenvalue weighted by molar-refractivity contribution is 5.69. The lowest BCUT2D eigenvalue weighted by molar-refractivity contribution is 1.29. The van der Waals surface area contributed by atoms with E-state index in [0.717, 1.165) is 5.69 Å². The van der Waals surface area contributed by atoms with E-state index >= 15 is 0 Å². The molecule has 0 saturated carbocycles. The van der Waals surface area contributed by atoms with Crippen LogP contribution in [0.3, 0.4) is 0 Å². The van der Waals surface area contributed by atoms with Crippen molar-refractivity contribution in [1.82, 2.24) is 4.98 Å². The zero-order chi connectivity index (χ0) is 12.3. The van der Waals surface area contributed by atoms with Gasteiger partial charge < -0.3 is 11.1 Å². The first-order chi connectivity index (χ1) is 8.19. The Morgan fingerprint density at radius 2 is 2.00 bits per heavy atom. The van der Waals surface area contributed by atoms with Crippen molar-refractivity contribution < 1.29 is 0 Å². The van der Waals surface area contributed by atoms with E-state index in [2.05, 4.69) is 10.3 Å². The lowest BCUT2D eigenvalue weighted by Crippen LogP contribution is -1.99. The van der Waals surface area contributed by atoms with Gasteiger partial charge in [0.1, 0.15) is 6.07 Å². The average Bonchev–Trinajstić information content (AvgIpc) is 2.34. The van der Waals surface area contributed by atoms with E-state index < -0.39 is 0 Å². The summed E-state index contributed by atoms with van der Waals surface area (Å²) in [5, 5.41) is 11.8. The maximum absolute atomic E-state index is 8.71. The summed E-state index contributed by atoms with van der Waals surface area (Å²) in [6, 6.07) is 11.5. The van der Waals surface area contributed by atoms with E-state index in [4.69, 9.17) is 11.0 Å². The smallest absolute Gasteiger partial charge is 0.153 e. The summed E-state index contributed by atoms with van der Waals surface area (Å²) in [5.41, 5.74) is 8.82. The number of aryl methyl sites for hydroxylation is 1. The molecule has 1 aromatic heterocycles. The summed E-state index contributed by atoms with van der Waals surface area (Å²) >= 11 is 0. The Bertz CT molecular complexity index is 567. The van der Waals surface area contributed by atoms with E-state index in [1.54, 1.807) is 6.07 Å². The van der Waals surface area contributed by atoms with Gasteiger partial charge >= 0.3 is 0 Å². The van der Waals surface area contributed by atoms with Crippen LogP contribution in [0.5, 0.6) is 0 Å². The molecule has 0 bridgehead atoms. The van der Waals surface area contributed by atoms with Gasteiger partial charge in [0.05, 0.1) is 11.3 Å². The highest BCUT2D eigenvalue weighted by Gasteiger charge is 2.02. The normalized spacial score (nSPS) is 9.65. The maximum Gasteiger partial charge on any atom is 0.153 e. The van der Waals surface area contributed by atoms with Crippen LogP contribution in [0.4, 0.5) is 17.2 Å². The number of anilines is 3.